The lowest BCUT2D eigenvalue weighted by atomic mass is 9.92. The zero-order chi connectivity index (χ0) is 29.9. The average Bonchev–Trinajstić information content (AvgIpc) is 3.29. The fourth-order valence-corrected chi connectivity index (χ4v) is 3.74. The number of carbonyl (C=O) groups is 5. The number of azide groups is 1. The van der Waals surface area contributed by atoms with Crippen molar-refractivity contribution < 1.29 is 52.4 Å². The zero-order valence-electron chi connectivity index (χ0n) is 22.8. The molecule has 0 aromatic rings. The van der Waals surface area contributed by atoms with Crippen molar-refractivity contribution >= 4 is 30.2 Å². The Morgan fingerprint density at radius 1 is 1.15 bits per heavy atom. The fraction of sp³-hybridized carbons (Fsp3) is 0.696. The van der Waals surface area contributed by atoms with Crippen LogP contribution in [0.2, 0.25) is 0 Å². The maximum atomic E-state index is 12.7. The quantitative estimate of drug-likeness (QED) is 0.0806. The van der Waals surface area contributed by atoms with Crippen LogP contribution in [0, 0.1) is 0 Å². The lowest BCUT2D eigenvalue weighted by Gasteiger charge is -2.39. The average molecular weight is 571 g/mol. The highest BCUT2D eigenvalue weighted by molar-refractivity contribution is 5.86. The molecule has 0 unspecified atom stereocenters. The van der Waals surface area contributed by atoms with Crippen molar-refractivity contribution in [3.05, 3.63) is 22.3 Å². The van der Waals surface area contributed by atoms with Crippen molar-refractivity contribution in [2.24, 2.45) is 5.11 Å². The Labute approximate surface area is 229 Å². The van der Waals surface area contributed by atoms with Crippen molar-refractivity contribution in [1.29, 1.82) is 0 Å². The van der Waals surface area contributed by atoms with E-state index < -0.39 is 66.2 Å². The smallest absolute Gasteiger partial charge is 0.477 e. The predicted octanol–water partition coefficient (Wildman–Crippen LogP) is 1.56. The number of unbranched alkanes of at least 4 members (excludes halogenated alkanes) is 1. The van der Waals surface area contributed by atoms with Crippen LogP contribution in [0.1, 0.15) is 40.5 Å². The molecule has 0 aromatic carbocycles. The van der Waals surface area contributed by atoms with Crippen LogP contribution in [0.5, 0.6) is 0 Å². The van der Waals surface area contributed by atoms with Gasteiger partial charge in [0, 0.05) is 24.9 Å². The highest BCUT2D eigenvalue weighted by Gasteiger charge is 2.49. The summed E-state index contributed by atoms with van der Waals surface area (Å²) in [6.45, 7) is 6.56. The van der Waals surface area contributed by atoms with Crippen LogP contribution in [0.3, 0.4) is 0 Å². The second-order valence-electron chi connectivity index (χ2n) is 9.68. The van der Waals surface area contributed by atoms with Gasteiger partial charge in [0.15, 0.2) is 18.3 Å². The van der Waals surface area contributed by atoms with Crippen LogP contribution < -0.4 is 16.0 Å². The van der Waals surface area contributed by atoms with Gasteiger partial charge in [-0.1, -0.05) is 5.11 Å². The summed E-state index contributed by atoms with van der Waals surface area (Å²) in [6.07, 6.45) is -4.40. The van der Waals surface area contributed by atoms with Crippen LogP contribution >= 0.6 is 0 Å². The molecule has 2 heterocycles. The minimum absolute atomic E-state index is 0.151. The maximum Gasteiger partial charge on any atom is 0.508 e. The Bertz CT molecular complexity index is 1040. The van der Waals surface area contributed by atoms with Crippen molar-refractivity contribution in [2.75, 3.05) is 26.8 Å². The van der Waals surface area contributed by atoms with Crippen LogP contribution in [0.4, 0.5) is 14.4 Å². The normalized spacial score (nSPS) is 22.5. The minimum Gasteiger partial charge on any atom is -0.477 e. The number of hydrogen-bond donors (Lipinski definition) is 3. The lowest BCUT2D eigenvalue weighted by Crippen LogP contribution is -2.60. The highest BCUT2D eigenvalue weighted by Crippen LogP contribution is 2.29. The number of nitrogens with zero attached hydrogens (tertiary/aromatic N) is 3. The van der Waals surface area contributed by atoms with Crippen molar-refractivity contribution in [2.45, 2.75) is 76.5 Å². The van der Waals surface area contributed by atoms with Gasteiger partial charge >= 0.3 is 24.3 Å². The van der Waals surface area contributed by atoms with Crippen LogP contribution in [0.25, 0.3) is 10.4 Å². The van der Waals surface area contributed by atoms with E-state index in [1.54, 1.807) is 20.8 Å². The number of nitrogens with one attached hydrogen (secondary N) is 3. The first-order valence-corrected chi connectivity index (χ1v) is 12.4. The topological polar surface area (TPSA) is 226 Å². The molecule has 2 aliphatic heterocycles. The first-order valence-electron chi connectivity index (χ1n) is 12.4. The van der Waals surface area contributed by atoms with E-state index in [1.165, 1.54) is 6.92 Å². The molecule has 1 fully saturated rings. The van der Waals surface area contributed by atoms with E-state index in [9.17, 15) is 24.0 Å². The summed E-state index contributed by atoms with van der Waals surface area (Å²) in [7, 11) is 1.10. The van der Waals surface area contributed by atoms with Crippen LogP contribution in [0.15, 0.2) is 16.9 Å². The summed E-state index contributed by atoms with van der Waals surface area (Å²) >= 11 is 0. The number of methoxy groups -OCH3 is 1. The third-order valence-electron chi connectivity index (χ3n) is 5.34. The van der Waals surface area contributed by atoms with Gasteiger partial charge in [0.1, 0.15) is 12.2 Å². The van der Waals surface area contributed by atoms with E-state index in [0.717, 1.165) is 13.2 Å². The maximum absolute atomic E-state index is 12.7. The molecule has 17 nitrogen and oxygen atoms in total. The molecule has 17 heteroatoms. The molecule has 0 aromatic heterocycles. The molecule has 40 heavy (non-hydrogen) atoms. The monoisotopic (exact) mass is 570 g/mol. The Morgan fingerprint density at radius 3 is 2.33 bits per heavy atom. The second-order valence-corrected chi connectivity index (χ2v) is 9.68. The highest BCUT2D eigenvalue weighted by atomic mass is 16.8. The lowest BCUT2D eigenvalue weighted by molar-refractivity contribution is -0.147. The summed E-state index contributed by atoms with van der Waals surface area (Å²) in [5.74, 6) is -1.84. The van der Waals surface area contributed by atoms with E-state index in [2.05, 4.69) is 30.7 Å². The summed E-state index contributed by atoms with van der Waals surface area (Å²) in [5.41, 5.74) is 8.43. The van der Waals surface area contributed by atoms with Gasteiger partial charge in [0.2, 0.25) is 11.7 Å². The number of amides is 3. The molecule has 2 rings (SSSR count). The zero-order valence-corrected chi connectivity index (χ0v) is 22.8. The molecular weight excluding hydrogens is 536 g/mol. The van der Waals surface area contributed by atoms with Gasteiger partial charge in [-0.05, 0) is 45.2 Å². The molecule has 0 bridgehead atoms. The number of alkyl carbamates (subject to hydrolysis) is 2. The molecule has 3 amide bonds. The number of rotatable bonds is 11. The van der Waals surface area contributed by atoms with E-state index in [-0.39, 0.29) is 18.9 Å². The number of esters is 1. The summed E-state index contributed by atoms with van der Waals surface area (Å²) in [5, 5.41) is 11.3. The Kier molecular flexibility index (Phi) is 11.7. The Morgan fingerprint density at radius 2 is 1.80 bits per heavy atom. The van der Waals surface area contributed by atoms with E-state index in [1.807, 2.05) is 0 Å². The van der Waals surface area contributed by atoms with E-state index >= 15 is 0 Å². The van der Waals surface area contributed by atoms with Gasteiger partial charge < -0.3 is 44.4 Å². The first kappa shape index (κ1) is 31.8. The molecular formula is C23H34N6O11. The third kappa shape index (κ3) is 10.1. The third-order valence-corrected chi connectivity index (χ3v) is 5.34. The summed E-state index contributed by atoms with van der Waals surface area (Å²) in [6, 6.07) is -2.30. The molecule has 0 radical (unpaired) electrons. The molecule has 0 aliphatic carbocycles. The molecule has 3 N–H and O–H groups in total. The second kappa shape index (κ2) is 14.7. The first-order chi connectivity index (χ1) is 18.8. The van der Waals surface area contributed by atoms with Crippen molar-refractivity contribution in [1.82, 2.24) is 16.0 Å². The number of carbonyl (C=O) groups excluding carboxylic acids is 5. The van der Waals surface area contributed by atoms with Crippen LogP contribution in [-0.2, 0) is 38.0 Å². The van der Waals surface area contributed by atoms with Gasteiger partial charge in [-0.15, -0.1) is 0 Å². The van der Waals surface area contributed by atoms with Gasteiger partial charge in [-0.25, -0.2) is 19.2 Å². The van der Waals surface area contributed by atoms with Gasteiger partial charge in [-0.2, -0.15) is 0 Å². The van der Waals surface area contributed by atoms with E-state index in [4.69, 9.17) is 29.2 Å². The molecule has 1 saturated heterocycles. The minimum atomic E-state index is -1.43. The molecule has 5 atom stereocenters. The Hall–Kier alpha value is -4.40. The van der Waals surface area contributed by atoms with Gasteiger partial charge in [-0.3, -0.25) is 4.79 Å². The standard InChI is InChI=1S/C23H34N6O11/c1-12(30)27-16-13(28-29-24)10-14(19(31)35-5)37-18(16)17(15-11-36-22(34)38-15)39-20(32)25-8-6-7-9-26-21(33)40-23(2,3)4/h10,13,15-18H,6-9,11H2,1-5H3,(H,25,32)(H,26,33)(H,27,30)/t13-,15+,16+,17+,18+/m0/s1. The van der Waals surface area contributed by atoms with Crippen molar-refractivity contribution in [3.8, 4) is 0 Å². The van der Waals surface area contributed by atoms with Crippen LogP contribution in [-0.4, -0.2) is 93.0 Å². The molecule has 0 spiro atoms. The number of ether oxygens (including phenoxy) is 6. The molecule has 0 saturated carbocycles. The number of cyclic esters (lactones) is 2. The summed E-state index contributed by atoms with van der Waals surface area (Å²) < 4.78 is 31.0. The largest absolute Gasteiger partial charge is 0.508 e. The summed E-state index contributed by atoms with van der Waals surface area (Å²) in [4.78, 5) is 63.0. The van der Waals surface area contributed by atoms with Gasteiger partial charge in [0.05, 0.1) is 19.2 Å². The SMILES string of the molecule is COC(=O)C1=C[C@H](N=[N+]=[N-])[C@@H](NC(C)=O)[C@H]([C@H](OC(=O)NCCCCNC(=O)OC(C)(C)C)[C@H]2COC(=O)O2)O1. The molecule has 222 valence electrons. The van der Waals surface area contributed by atoms with E-state index in [0.29, 0.717) is 19.4 Å². The fourth-order valence-electron chi connectivity index (χ4n) is 3.74. The predicted molar refractivity (Wildman–Crippen MR) is 133 cm³/mol. The van der Waals surface area contributed by atoms with Gasteiger partial charge in [0.25, 0.3) is 0 Å². The van der Waals surface area contributed by atoms with Crippen molar-refractivity contribution in [3.63, 3.8) is 0 Å². The number of hydrogen-bond acceptors (Lipinski definition) is 12. The Balaban J connectivity index is 2.11. The molecule has 2 aliphatic rings.